The van der Waals surface area contributed by atoms with E-state index in [2.05, 4.69) is 15.5 Å². The van der Waals surface area contributed by atoms with Crippen molar-refractivity contribution >= 4 is 11.6 Å². The van der Waals surface area contributed by atoms with Gasteiger partial charge in [-0.3, -0.25) is 4.79 Å². The zero-order valence-electron chi connectivity index (χ0n) is 14.5. The molecule has 6 nitrogen and oxygen atoms in total. The number of halogens is 1. The Balaban J connectivity index is 1.65. The van der Waals surface area contributed by atoms with Gasteiger partial charge in [0.15, 0.2) is 11.6 Å². The van der Waals surface area contributed by atoms with Crippen LogP contribution in [0.1, 0.15) is 17.5 Å². The molecule has 1 amide bonds. The summed E-state index contributed by atoms with van der Waals surface area (Å²) >= 11 is 0. The molecule has 1 N–H and O–H groups in total. The lowest BCUT2D eigenvalue weighted by atomic mass is 10.1. The minimum atomic E-state index is -0.437. The van der Waals surface area contributed by atoms with Crippen LogP contribution < -0.4 is 10.1 Å². The van der Waals surface area contributed by atoms with Crippen molar-refractivity contribution < 1.29 is 18.3 Å². The molecule has 0 atom stereocenters. The Bertz CT molecular complexity index is 910. The monoisotopic (exact) mass is 355 g/mol. The summed E-state index contributed by atoms with van der Waals surface area (Å²) in [6.07, 6.45) is 1.91. The van der Waals surface area contributed by atoms with Crippen molar-refractivity contribution in [1.82, 2.24) is 10.2 Å². The van der Waals surface area contributed by atoms with Crippen LogP contribution >= 0.6 is 0 Å². The molecular weight excluding hydrogens is 337 g/mol. The van der Waals surface area contributed by atoms with Crippen LogP contribution in [0.4, 0.5) is 10.1 Å². The van der Waals surface area contributed by atoms with Crippen LogP contribution in [-0.2, 0) is 11.2 Å². The first-order valence-electron chi connectivity index (χ1n) is 8.06. The fourth-order valence-electron chi connectivity index (χ4n) is 2.52. The molecule has 0 saturated carbocycles. The van der Waals surface area contributed by atoms with Crippen molar-refractivity contribution in [3.63, 3.8) is 0 Å². The topological polar surface area (TPSA) is 77.2 Å². The maximum absolute atomic E-state index is 13.7. The lowest BCUT2D eigenvalue weighted by molar-refractivity contribution is -0.116. The molecule has 0 aliphatic rings. The summed E-state index contributed by atoms with van der Waals surface area (Å²) in [5, 5.41) is 10.4. The standard InChI is InChI=1S/C19H18FN3O3/c1-12-3-6-14(19-23-21-11-26-19)10-16(12)22-18(24)8-5-13-4-7-17(25-2)15(20)9-13/h3-4,6-7,9-11H,5,8H2,1-2H3,(H,22,24). The Labute approximate surface area is 150 Å². The van der Waals surface area contributed by atoms with E-state index in [9.17, 15) is 9.18 Å². The van der Waals surface area contributed by atoms with Gasteiger partial charge in [0.05, 0.1) is 7.11 Å². The van der Waals surface area contributed by atoms with Gasteiger partial charge in [0.25, 0.3) is 0 Å². The average Bonchev–Trinajstić information content (AvgIpc) is 3.16. The molecule has 0 unspecified atom stereocenters. The number of nitrogens with one attached hydrogen (secondary N) is 1. The number of aromatic nitrogens is 2. The molecule has 0 saturated heterocycles. The molecule has 26 heavy (non-hydrogen) atoms. The van der Waals surface area contributed by atoms with Crippen LogP contribution in [0, 0.1) is 12.7 Å². The average molecular weight is 355 g/mol. The Morgan fingerprint density at radius 1 is 1.27 bits per heavy atom. The Kier molecular flexibility index (Phi) is 5.26. The zero-order chi connectivity index (χ0) is 18.5. The molecule has 3 rings (SSSR count). The van der Waals surface area contributed by atoms with Gasteiger partial charge < -0.3 is 14.5 Å². The minimum Gasteiger partial charge on any atom is -0.494 e. The largest absolute Gasteiger partial charge is 0.494 e. The van der Waals surface area contributed by atoms with Gasteiger partial charge in [-0.25, -0.2) is 4.39 Å². The molecule has 0 radical (unpaired) electrons. The number of benzene rings is 2. The maximum atomic E-state index is 13.7. The second-order valence-corrected chi connectivity index (χ2v) is 5.79. The molecule has 1 heterocycles. The highest BCUT2D eigenvalue weighted by molar-refractivity contribution is 5.92. The van der Waals surface area contributed by atoms with E-state index < -0.39 is 5.82 Å². The molecule has 0 spiro atoms. The van der Waals surface area contributed by atoms with Crippen LogP contribution in [0.2, 0.25) is 0 Å². The molecule has 7 heteroatoms. The van der Waals surface area contributed by atoms with Crippen LogP contribution in [-0.4, -0.2) is 23.2 Å². The number of hydrogen-bond acceptors (Lipinski definition) is 5. The van der Waals surface area contributed by atoms with Gasteiger partial charge in [0, 0.05) is 17.7 Å². The molecule has 1 aromatic heterocycles. The molecule has 134 valence electrons. The van der Waals surface area contributed by atoms with Crippen molar-refractivity contribution in [3.05, 3.63) is 59.7 Å². The summed E-state index contributed by atoms with van der Waals surface area (Å²) in [5.41, 5.74) is 3.04. The Morgan fingerprint density at radius 3 is 2.81 bits per heavy atom. The lowest BCUT2D eigenvalue weighted by Gasteiger charge is -2.10. The quantitative estimate of drug-likeness (QED) is 0.728. The van der Waals surface area contributed by atoms with E-state index in [-0.39, 0.29) is 18.1 Å². The van der Waals surface area contributed by atoms with E-state index in [1.807, 2.05) is 19.1 Å². The van der Waals surface area contributed by atoms with Gasteiger partial charge >= 0.3 is 0 Å². The normalized spacial score (nSPS) is 10.6. The van der Waals surface area contributed by atoms with Gasteiger partial charge in [-0.05, 0) is 48.7 Å². The van der Waals surface area contributed by atoms with Gasteiger partial charge in [-0.15, -0.1) is 10.2 Å². The Hall–Kier alpha value is -3.22. The number of ether oxygens (including phenoxy) is 1. The number of amides is 1. The number of hydrogen-bond donors (Lipinski definition) is 1. The molecule has 0 bridgehead atoms. The minimum absolute atomic E-state index is 0.160. The van der Waals surface area contributed by atoms with Crippen molar-refractivity contribution in [2.75, 3.05) is 12.4 Å². The van der Waals surface area contributed by atoms with E-state index in [1.54, 1.807) is 18.2 Å². The molecule has 0 aliphatic carbocycles. The fourth-order valence-corrected chi connectivity index (χ4v) is 2.52. The first-order chi connectivity index (χ1) is 12.6. The van der Waals surface area contributed by atoms with Crippen molar-refractivity contribution in [2.24, 2.45) is 0 Å². The lowest BCUT2D eigenvalue weighted by Crippen LogP contribution is -2.13. The number of methoxy groups -OCH3 is 1. The molecule has 3 aromatic rings. The third kappa shape index (κ3) is 4.05. The van der Waals surface area contributed by atoms with Crippen LogP contribution in [0.15, 0.2) is 47.2 Å². The third-order valence-corrected chi connectivity index (χ3v) is 3.98. The van der Waals surface area contributed by atoms with E-state index in [0.29, 0.717) is 18.0 Å². The second-order valence-electron chi connectivity index (χ2n) is 5.79. The molecule has 0 aliphatic heterocycles. The maximum Gasteiger partial charge on any atom is 0.247 e. The van der Waals surface area contributed by atoms with Crippen LogP contribution in [0.5, 0.6) is 5.75 Å². The molecule has 0 fully saturated rings. The highest BCUT2D eigenvalue weighted by Crippen LogP contribution is 2.24. The number of carbonyl (C=O) groups is 1. The smallest absolute Gasteiger partial charge is 0.247 e. The summed E-state index contributed by atoms with van der Waals surface area (Å²) in [4.78, 5) is 12.3. The van der Waals surface area contributed by atoms with Crippen LogP contribution in [0.3, 0.4) is 0 Å². The predicted octanol–water partition coefficient (Wildman–Crippen LogP) is 3.76. The summed E-state index contributed by atoms with van der Waals surface area (Å²) in [5.74, 6) is -0.0265. The predicted molar refractivity (Wildman–Crippen MR) is 94.4 cm³/mol. The summed E-state index contributed by atoms with van der Waals surface area (Å²) in [6, 6.07) is 10.2. The first kappa shape index (κ1) is 17.6. The van der Waals surface area contributed by atoms with Crippen molar-refractivity contribution in [3.8, 4) is 17.2 Å². The van der Waals surface area contributed by atoms with Gasteiger partial charge in [0.1, 0.15) is 0 Å². The highest BCUT2D eigenvalue weighted by atomic mass is 19.1. The number of aryl methyl sites for hydroxylation is 2. The number of carbonyl (C=O) groups excluding carboxylic acids is 1. The number of rotatable bonds is 6. The van der Waals surface area contributed by atoms with Crippen LogP contribution in [0.25, 0.3) is 11.5 Å². The van der Waals surface area contributed by atoms with Gasteiger partial charge in [0.2, 0.25) is 18.2 Å². The number of anilines is 1. The SMILES string of the molecule is COc1ccc(CCC(=O)Nc2cc(-c3nnco3)ccc2C)cc1F. The van der Waals surface area contributed by atoms with E-state index >= 15 is 0 Å². The number of nitrogens with zero attached hydrogens (tertiary/aromatic N) is 2. The summed E-state index contributed by atoms with van der Waals surface area (Å²) < 4.78 is 23.8. The van der Waals surface area contributed by atoms with Crippen molar-refractivity contribution in [1.29, 1.82) is 0 Å². The summed E-state index contributed by atoms with van der Waals surface area (Å²) in [6.45, 7) is 1.89. The highest BCUT2D eigenvalue weighted by Gasteiger charge is 2.10. The fraction of sp³-hybridized carbons (Fsp3) is 0.211. The second kappa shape index (κ2) is 7.77. The van der Waals surface area contributed by atoms with Gasteiger partial charge in [-0.2, -0.15) is 0 Å². The van der Waals surface area contributed by atoms with E-state index in [0.717, 1.165) is 16.7 Å². The van der Waals surface area contributed by atoms with Crippen molar-refractivity contribution in [2.45, 2.75) is 19.8 Å². The molecule has 2 aromatic carbocycles. The van der Waals surface area contributed by atoms with Gasteiger partial charge in [-0.1, -0.05) is 12.1 Å². The van der Waals surface area contributed by atoms with E-state index in [4.69, 9.17) is 9.15 Å². The molecular formula is C19H18FN3O3. The van der Waals surface area contributed by atoms with E-state index in [1.165, 1.54) is 19.6 Å². The Morgan fingerprint density at radius 2 is 2.12 bits per heavy atom. The third-order valence-electron chi connectivity index (χ3n) is 3.98. The first-order valence-corrected chi connectivity index (χ1v) is 8.06. The summed E-state index contributed by atoms with van der Waals surface area (Å²) in [7, 11) is 1.41. The zero-order valence-corrected chi connectivity index (χ0v) is 14.5.